The molecule has 94 valence electrons. The van der Waals surface area contributed by atoms with Crippen LogP contribution in [-0.2, 0) is 0 Å². The second-order valence-electron chi connectivity index (χ2n) is 5.25. The number of hydrogen-bond acceptors (Lipinski definition) is 2. The minimum absolute atomic E-state index is 0.0678. The molecule has 2 heteroatoms. The summed E-state index contributed by atoms with van der Waals surface area (Å²) in [6.07, 6.45) is 4.01. The summed E-state index contributed by atoms with van der Waals surface area (Å²) in [5.74, 6) is 0. The SMILES string of the molecule is Cc1ccccc1[C@@H](C)NC1CCC(O)CC1. The molecule has 0 bridgehead atoms. The first kappa shape index (κ1) is 12.6. The van der Waals surface area contributed by atoms with Crippen molar-refractivity contribution >= 4 is 0 Å². The number of benzene rings is 1. The zero-order chi connectivity index (χ0) is 12.3. The summed E-state index contributed by atoms with van der Waals surface area (Å²) in [5.41, 5.74) is 2.74. The lowest BCUT2D eigenvalue weighted by Gasteiger charge is -2.29. The lowest BCUT2D eigenvalue weighted by atomic mass is 9.91. The molecule has 0 amide bonds. The number of aliphatic hydroxyl groups excluding tert-OH is 1. The van der Waals surface area contributed by atoms with Gasteiger partial charge in [-0.3, -0.25) is 0 Å². The van der Waals surface area contributed by atoms with Crippen LogP contribution in [0.1, 0.15) is 49.8 Å². The first-order valence-electron chi connectivity index (χ1n) is 6.66. The van der Waals surface area contributed by atoms with Crippen molar-refractivity contribution in [1.29, 1.82) is 0 Å². The van der Waals surface area contributed by atoms with E-state index in [4.69, 9.17) is 0 Å². The van der Waals surface area contributed by atoms with Crippen LogP contribution in [0.4, 0.5) is 0 Å². The standard InChI is InChI=1S/C15H23NO/c1-11-5-3-4-6-15(11)12(2)16-13-7-9-14(17)10-8-13/h3-6,12-14,16-17H,7-10H2,1-2H3/t12-,13?,14?/m1/s1. The lowest BCUT2D eigenvalue weighted by Crippen LogP contribution is -2.36. The van der Waals surface area contributed by atoms with Gasteiger partial charge in [-0.2, -0.15) is 0 Å². The fourth-order valence-electron chi connectivity index (χ4n) is 2.76. The average molecular weight is 233 g/mol. The summed E-state index contributed by atoms with van der Waals surface area (Å²) >= 11 is 0. The van der Waals surface area contributed by atoms with Crippen molar-refractivity contribution < 1.29 is 5.11 Å². The van der Waals surface area contributed by atoms with Crippen LogP contribution in [0, 0.1) is 6.92 Å². The van der Waals surface area contributed by atoms with Crippen molar-refractivity contribution in [1.82, 2.24) is 5.32 Å². The van der Waals surface area contributed by atoms with E-state index >= 15 is 0 Å². The Labute approximate surface area is 104 Å². The van der Waals surface area contributed by atoms with Crippen molar-refractivity contribution in [2.75, 3.05) is 0 Å². The second-order valence-corrected chi connectivity index (χ2v) is 5.25. The van der Waals surface area contributed by atoms with E-state index in [1.165, 1.54) is 11.1 Å². The van der Waals surface area contributed by atoms with E-state index < -0.39 is 0 Å². The van der Waals surface area contributed by atoms with Crippen molar-refractivity contribution in [3.63, 3.8) is 0 Å². The molecule has 2 N–H and O–H groups in total. The van der Waals surface area contributed by atoms with Crippen LogP contribution >= 0.6 is 0 Å². The third kappa shape index (κ3) is 3.30. The van der Waals surface area contributed by atoms with E-state index in [1.807, 2.05) is 0 Å². The highest BCUT2D eigenvalue weighted by Gasteiger charge is 2.21. The first-order valence-corrected chi connectivity index (χ1v) is 6.66. The van der Waals surface area contributed by atoms with Crippen LogP contribution in [0.15, 0.2) is 24.3 Å². The molecule has 2 nitrogen and oxygen atoms in total. The highest BCUT2D eigenvalue weighted by Crippen LogP contribution is 2.23. The third-order valence-corrected chi connectivity index (χ3v) is 3.84. The zero-order valence-electron chi connectivity index (χ0n) is 10.8. The Hall–Kier alpha value is -0.860. The van der Waals surface area contributed by atoms with Crippen LogP contribution in [0.5, 0.6) is 0 Å². The lowest BCUT2D eigenvalue weighted by molar-refractivity contribution is 0.114. The number of aliphatic hydroxyl groups is 1. The topological polar surface area (TPSA) is 32.3 Å². The Morgan fingerprint density at radius 3 is 2.47 bits per heavy atom. The van der Waals surface area contributed by atoms with Gasteiger partial charge in [0, 0.05) is 12.1 Å². The fourth-order valence-corrected chi connectivity index (χ4v) is 2.76. The van der Waals surface area contributed by atoms with E-state index in [0.29, 0.717) is 12.1 Å². The summed E-state index contributed by atoms with van der Waals surface area (Å²) in [6.45, 7) is 4.39. The van der Waals surface area contributed by atoms with Crippen molar-refractivity contribution in [2.45, 2.75) is 57.7 Å². The van der Waals surface area contributed by atoms with Gasteiger partial charge in [-0.05, 0) is 50.7 Å². The Morgan fingerprint density at radius 2 is 1.82 bits per heavy atom. The van der Waals surface area contributed by atoms with Gasteiger partial charge >= 0.3 is 0 Å². The molecule has 17 heavy (non-hydrogen) atoms. The normalized spacial score (nSPS) is 26.8. The fraction of sp³-hybridized carbons (Fsp3) is 0.600. The molecular weight excluding hydrogens is 210 g/mol. The van der Waals surface area contributed by atoms with Crippen molar-refractivity contribution in [3.8, 4) is 0 Å². The molecule has 0 aliphatic heterocycles. The van der Waals surface area contributed by atoms with Crippen molar-refractivity contribution in [3.05, 3.63) is 35.4 Å². The van der Waals surface area contributed by atoms with Crippen LogP contribution in [0.3, 0.4) is 0 Å². The monoisotopic (exact) mass is 233 g/mol. The number of aryl methyl sites for hydroxylation is 1. The second kappa shape index (κ2) is 5.65. The molecule has 1 saturated carbocycles. The van der Waals surface area contributed by atoms with Crippen LogP contribution < -0.4 is 5.32 Å². The predicted octanol–water partition coefficient (Wildman–Crippen LogP) is 2.95. The first-order chi connectivity index (χ1) is 8.16. The minimum atomic E-state index is -0.0678. The Kier molecular flexibility index (Phi) is 4.19. The molecular formula is C15H23NO. The maximum absolute atomic E-state index is 9.49. The van der Waals surface area contributed by atoms with Gasteiger partial charge in [-0.15, -0.1) is 0 Å². The third-order valence-electron chi connectivity index (χ3n) is 3.84. The molecule has 1 aliphatic rings. The maximum Gasteiger partial charge on any atom is 0.0541 e. The van der Waals surface area contributed by atoms with Crippen LogP contribution in [-0.4, -0.2) is 17.3 Å². The molecule has 0 aromatic heterocycles. The van der Waals surface area contributed by atoms with Crippen LogP contribution in [0.25, 0.3) is 0 Å². The molecule has 0 unspecified atom stereocenters. The zero-order valence-corrected chi connectivity index (χ0v) is 10.8. The molecule has 1 fully saturated rings. The highest BCUT2D eigenvalue weighted by molar-refractivity contribution is 5.28. The summed E-state index contributed by atoms with van der Waals surface area (Å²) in [6, 6.07) is 9.51. The average Bonchev–Trinajstić information content (AvgIpc) is 2.32. The van der Waals surface area contributed by atoms with E-state index in [1.54, 1.807) is 0 Å². The Balaban J connectivity index is 1.93. The van der Waals surface area contributed by atoms with Gasteiger partial charge in [-0.25, -0.2) is 0 Å². The van der Waals surface area contributed by atoms with Gasteiger partial charge in [0.25, 0.3) is 0 Å². The number of hydrogen-bond donors (Lipinski definition) is 2. The van der Waals surface area contributed by atoms with Gasteiger partial charge in [0.05, 0.1) is 6.10 Å². The molecule has 1 aromatic rings. The molecule has 0 radical (unpaired) electrons. The Morgan fingerprint density at radius 1 is 1.18 bits per heavy atom. The smallest absolute Gasteiger partial charge is 0.0541 e. The molecule has 0 spiro atoms. The van der Waals surface area contributed by atoms with E-state index in [2.05, 4.69) is 43.4 Å². The summed E-state index contributed by atoms with van der Waals surface area (Å²) in [5, 5.41) is 13.2. The summed E-state index contributed by atoms with van der Waals surface area (Å²) < 4.78 is 0. The minimum Gasteiger partial charge on any atom is -0.393 e. The summed E-state index contributed by atoms with van der Waals surface area (Å²) in [4.78, 5) is 0. The Bertz CT molecular complexity index is 356. The van der Waals surface area contributed by atoms with Gasteiger partial charge in [-0.1, -0.05) is 24.3 Å². The van der Waals surface area contributed by atoms with Gasteiger partial charge < -0.3 is 10.4 Å². The predicted molar refractivity (Wildman–Crippen MR) is 71.0 cm³/mol. The van der Waals surface area contributed by atoms with Gasteiger partial charge in [0.1, 0.15) is 0 Å². The summed E-state index contributed by atoms with van der Waals surface area (Å²) in [7, 11) is 0. The van der Waals surface area contributed by atoms with E-state index in [0.717, 1.165) is 25.7 Å². The van der Waals surface area contributed by atoms with Crippen LogP contribution in [0.2, 0.25) is 0 Å². The largest absolute Gasteiger partial charge is 0.393 e. The molecule has 1 aliphatic carbocycles. The number of rotatable bonds is 3. The molecule has 0 heterocycles. The molecule has 1 aromatic carbocycles. The van der Waals surface area contributed by atoms with Gasteiger partial charge in [0.2, 0.25) is 0 Å². The quantitative estimate of drug-likeness (QED) is 0.841. The van der Waals surface area contributed by atoms with Crippen molar-refractivity contribution in [2.24, 2.45) is 0 Å². The maximum atomic E-state index is 9.49. The number of nitrogens with one attached hydrogen (secondary N) is 1. The molecule has 0 saturated heterocycles. The van der Waals surface area contributed by atoms with E-state index in [-0.39, 0.29) is 6.10 Å². The van der Waals surface area contributed by atoms with Gasteiger partial charge in [0.15, 0.2) is 0 Å². The highest BCUT2D eigenvalue weighted by atomic mass is 16.3. The van der Waals surface area contributed by atoms with E-state index in [9.17, 15) is 5.11 Å². The molecule has 1 atom stereocenters. The molecule has 2 rings (SSSR count).